The molecule has 0 fully saturated rings. The van der Waals surface area contributed by atoms with E-state index in [1.165, 1.54) is 11.2 Å². The highest BCUT2D eigenvalue weighted by Crippen LogP contribution is 2.41. The first kappa shape index (κ1) is 22.0. The van der Waals surface area contributed by atoms with E-state index in [2.05, 4.69) is 4.98 Å². The lowest BCUT2D eigenvalue weighted by molar-refractivity contribution is -0.117. The molecule has 4 aromatic rings. The van der Waals surface area contributed by atoms with Gasteiger partial charge in [0, 0.05) is 46.2 Å². The number of amides is 1. The van der Waals surface area contributed by atoms with E-state index in [1.54, 1.807) is 18.3 Å². The van der Waals surface area contributed by atoms with Crippen molar-refractivity contribution in [3.63, 3.8) is 0 Å². The standard InChI is InChI=1S/C25H21F3N4O2/c26-15-1-3-19(27)14(9-15)10-21(33)32-8-6-17-20(32)4-2-16(23(17)28)18-12-34-24-13(5-7-29)11-31-25(30)22(18)24/h1-4,9,11-12H,5-8,10,29H2,(H2,30,31). The van der Waals surface area contributed by atoms with Gasteiger partial charge < -0.3 is 20.8 Å². The lowest BCUT2D eigenvalue weighted by atomic mass is 9.99. The second-order valence-corrected chi connectivity index (χ2v) is 8.19. The van der Waals surface area contributed by atoms with Gasteiger partial charge in [-0.15, -0.1) is 0 Å². The fraction of sp³-hybridized carbons (Fsp3) is 0.200. The molecule has 0 saturated heterocycles. The predicted molar refractivity (Wildman–Crippen MR) is 123 cm³/mol. The highest BCUT2D eigenvalue weighted by atomic mass is 19.1. The number of nitrogens with two attached hydrogens (primary N) is 2. The molecule has 6 nitrogen and oxygen atoms in total. The number of hydrogen-bond donors (Lipinski definition) is 2. The molecule has 2 aromatic carbocycles. The number of fused-ring (bicyclic) bond motifs is 2. The summed E-state index contributed by atoms with van der Waals surface area (Å²) >= 11 is 0. The molecule has 1 amide bonds. The van der Waals surface area contributed by atoms with Crippen molar-refractivity contribution in [2.75, 3.05) is 23.7 Å². The fourth-order valence-corrected chi connectivity index (χ4v) is 4.50. The van der Waals surface area contributed by atoms with Crippen LogP contribution >= 0.6 is 0 Å². The minimum absolute atomic E-state index is 0.0448. The van der Waals surface area contributed by atoms with E-state index in [1.807, 2.05) is 0 Å². The number of carbonyl (C=O) groups excluding carboxylic acids is 1. The van der Waals surface area contributed by atoms with Crippen LogP contribution in [0.3, 0.4) is 0 Å². The number of halogens is 3. The van der Waals surface area contributed by atoms with Crippen LogP contribution in [0, 0.1) is 17.5 Å². The summed E-state index contributed by atoms with van der Waals surface area (Å²) in [7, 11) is 0. The van der Waals surface area contributed by atoms with Gasteiger partial charge in [0.05, 0.1) is 18.1 Å². The Labute approximate surface area is 193 Å². The predicted octanol–water partition coefficient (Wildman–Crippen LogP) is 4.13. The van der Waals surface area contributed by atoms with E-state index in [-0.39, 0.29) is 36.3 Å². The Bertz CT molecular complexity index is 1430. The molecule has 1 aliphatic rings. The highest BCUT2D eigenvalue weighted by molar-refractivity contribution is 6.03. The summed E-state index contributed by atoms with van der Waals surface area (Å²) in [5, 5.41) is 0.511. The largest absolute Gasteiger partial charge is 0.463 e. The average molecular weight is 466 g/mol. The molecular weight excluding hydrogens is 445 g/mol. The van der Waals surface area contributed by atoms with Gasteiger partial charge in [-0.2, -0.15) is 0 Å². The molecule has 0 spiro atoms. The molecule has 5 rings (SSSR count). The van der Waals surface area contributed by atoms with Crippen LogP contribution in [0.2, 0.25) is 0 Å². The Morgan fingerprint density at radius 3 is 2.74 bits per heavy atom. The van der Waals surface area contributed by atoms with Crippen LogP contribution in [0.25, 0.3) is 22.1 Å². The number of rotatable bonds is 5. The van der Waals surface area contributed by atoms with Gasteiger partial charge in [0.1, 0.15) is 28.9 Å². The van der Waals surface area contributed by atoms with Crippen LogP contribution in [0.4, 0.5) is 24.7 Å². The Hall–Kier alpha value is -3.85. The summed E-state index contributed by atoms with van der Waals surface area (Å²) in [6.45, 7) is 0.634. The Balaban J connectivity index is 1.50. The van der Waals surface area contributed by atoms with E-state index in [4.69, 9.17) is 15.9 Å². The number of carbonyl (C=O) groups is 1. The number of pyridine rings is 1. The minimum atomic E-state index is -0.664. The molecule has 0 unspecified atom stereocenters. The van der Waals surface area contributed by atoms with Crippen molar-refractivity contribution in [3.8, 4) is 11.1 Å². The molecule has 0 bridgehead atoms. The number of nitrogens with zero attached hydrogens (tertiary/aromatic N) is 2. The molecular formula is C25H21F3N4O2. The molecule has 9 heteroatoms. The van der Waals surface area contributed by atoms with Gasteiger partial charge in [0.2, 0.25) is 5.91 Å². The molecule has 0 atom stereocenters. The second kappa shape index (κ2) is 8.49. The monoisotopic (exact) mass is 466 g/mol. The van der Waals surface area contributed by atoms with Crippen LogP contribution in [0.15, 0.2) is 47.2 Å². The first-order chi connectivity index (χ1) is 16.4. The quantitative estimate of drug-likeness (QED) is 0.461. The molecule has 174 valence electrons. The van der Waals surface area contributed by atoms with Gasteiger partial charge in [0.15, 0.2) is 0 Å². The maximum atomic E-state index is 15.7. The highest BCUT2D eigenvalue weighted by Gasteiger charge is 2.30. The van der Waals surface area contributed by atoms with E-state index < -0.39 is 23.4 Å². The Morgan fingerprint density at radius 2 is 1.94 bits per heavy atom. The van der Waals surface area contributed by atoms with Crippen molar-refractivity contribution in [3.05, 3.63) is 76.9 Å². The molecule has 0 aliphatic carbocycles. The zero-order valence-electron chi connectivity index (χ0n) is 18.1. The van der Waals surface area contributed by atoms with Gasteiger partial charge in [0.25, 0.3) is 0 Å². The van der Waals surface area contributed by atoms with E-state index >= 15 is 4.39 Å². The maximum absolute atomic E-state index is 15.7. The smallest absolute Gasteiger partial charge is 0.231 e. The number of nitrogen functional groups attached to an aromatic ring is 1. The van der Waals surface area contributed by atoms with Crippen LogP contribution < -0.4 is 16.4 Å². The summed E-state index contributed by atoms with van der Waals surface area (Å²) < 4.78 is 48.9. The summed E-state index contributed by atoms with van der Waals surface area (Å²) in [4.78, 5) is 18.5. The van der Waals surface area contributed by atoms with Gasteiger partial charge in [-0.1, -0.05) is 0 Å². The zero-order chi connectivity index (χ0) is 24.0. The first-order valence-corrected chi connectivity index (χ1v) is 10.8. The van der Waals surface area contributed by atoms with E-state index in [0.29, 0.717) is 40.7 Å². The minimum Gasteiger partial charge on any atom is -0.463 e. The molecule has 0 radical (unpaired) electrons. The van der Waals surface area contributed by atoms with Crippen molar-refractivity contribution in [1.82, 2.24) is 4.98 Å². The van der Waals surface area contributed by atoms with E-state index in [9.17, 15) is 13.6 Å². The molecule has 2 aromatic heterocycles. The van der Waals surface area contributed by atoms with Crippen LogP contribution in [-0.2, 0) is 24.1 Å². The van der Waals surface area contributed by atoms with Gasteiger partial charge >= 0.3 is 0 Å². The van der Waals surface area contributed by atoms with Crippen molar-refractivity contribution >= 4 is 28.4 Å². The van der Waals surface area contributed by atoms with Gasteiger partial charge in [-0.05, 0) is 49.7 Å². The SMILES string of the molecule is NCCc1cnc(N)c2c(-c3ccc4c(c3F)CCN4C(=O)Cc3cc(F)ccc3F)coc12. The number of benzene rings is 2. The molecule has 4 N–H and O–H groups in total. The van der Waals surface area contributed by atoms with Crippen LogP contribution in [0.1, 0.15) is 16.7 Å². The molecule has 1 aliphatic heterocycles. The number of anilines is 2. The maximum Gasteiger partial charge on any atom is 0.231 e. The summed E-state index contributed by atoms with van der Waals surface area (Å²) in [5.41, 5.74) is 14.5. The van der Waals surface area contributed by atoms with E-state index in [0.717, 1.165) is 23.8 Å². The number of furan rings is 1. The number of hydrogen-bond acceptors (Lipinski definition) is 5. The van der Waals surface area contributed by atoms with Crippen molar-refractivity contribution < 1.29 is 22.4 Å². The van der Waals surface area contributed by atoms with Crippen LogP contribution in [0.5, 0.6) is 0 Å². The van der Waals surface area contributed by atoms with Crippen molar-refractivity contribution in [2.24, 2.45) is 5.73 Å². The molecule has 3 heterocycles. The third-order valence-corrected chi connectivity index (χ3v) is 6.15. The summed E-state index contributed by atoms with van der Waals surface area (Å²) in [6.07, 6.45) is 3.53. The zero-order valence-corrected chi connectivity index (χ0v) is 18.1. The van der Waals surface area contributed by atoms with Gasteiger partial charge in [-0.25, -0.2) is 18.2 Å². The average Bonchev–Trinajstić information content (AvgIpc) is 3.45. The van der Waals surface area contributed by atoms with Crippen molar-refractivity contribution in [1.29, 1.82) is 0 Å². The van der Waals surface area contributed by atoms with Gasteiger partial charge in [-0.3, -0.25) is 4.79 Å². The summed E-state index contributed by atoms with van der Waals surface area (Å²) in [6, 6.07) is 6.17. The lowest BCUT2D eigenvalue weighted by Gasteiger charge is -2.18. The molecule has 34 heavy (non-hydrogen) atoms. The van der Waals surface area contributed by atoms with Crippen molar-refractivity contribution in [2.45, 2.75) is 19.3 Å². The third-order valence-electron chi connectivity index (χ3n) is 6.15. The Kier molecular flexibility index (Phi) is 5.49. The Morgan fingerprint density at radius 1 is 1.12 bits per heavy atom. The van der Waals surface area contributed by atoms with Crippen LogP contribution in [-0.4, -0.2) is 24.0 Å². The first-order valence-electron chi connectivity index (χ1n) is 10.8. The lowest BCUT2D eigenvalue weighted by Crippen LogP contribution is -2.30. The number of aromatic nitrogens is 1. The fourth-order valence-electron chi connectivity index (χ4n) is 4.50. The molecule has 0 saturated carbocycles. The normalized spacial score (nSPS) is 13.0. The third kappa shape index (κ3) is 3.58. The second-order valence-electron chi connectivity index (χ2n) is 8.19. The summed E-state index contributed by atoms with van der Waals surface area (Å²) in [5.74, 6) is -2.01. The topological polar surface area (TPSA) is 98.4 Å².